The summed E-state index contributed by atoms with van der Waals surface area (Å²) in [5, 5.41) is 0. The second-order valence-electron chi connectivity index (χ2n) is 2.23. The zero-order valence-electron chi connectivity index (χ0n) is 6.99. The molecule has 12 heavy (non-hydrogen) atoms. The van der Waals surface area contributed by atoms with Crippen molar-refractivity contribution >= 4 is 18.2 Å². The van der Waals surface area contributed by atoms with Crippen LogP contribution in [0.3, 0.4) is 0 Å². The molecule has 0 aliphatic carbocycles. The largest absolute Gasteiger partial charge is 0.384 e. The van der Waals surface area contributed by atoms with Crippen LogP contribution in [0, 0.1) is 0 Å². The Morgan fingerprint density at radius 2 is 2.25 bits per heavy atom. The number of anilines is 1. The van der Waals surface area contributed by atoms with E-state index < -0.39 is 0 Å². The summed E-state index contributed by atoms with van der Waals surface area (Å²) in [7, 11) is 0. The van der Waals surface area contributed by atoms with Gasteiger partial charge in [0.1, 0.15) is 5.82 Å². The second kappa shape index (κ2) is 5.80. The molecule has 0 radical (unpaired) electrons. The van der Waals surface area contributed by atoms with Crippen LogP contribution in [0.25, 0.3) is 0 Å². The molecule has 0 amide bonds. The highest BCUT2D eigenvalue weighted by molar-refractivity contribution is 5.85. The molecule has 0 aromatic carbocycles. The van der Waals surface area contributed by atoms with E-state index in [2.05, 4.69) is 4.98 Å². The Balaban J connectivity index is 0.00000121. The quantitative estimate of drug-likeness (QED) is 0.785. The molecule has 68 valence electrons. The Bertz CT molecular complexity index is 213. The summed E-state index contributed by atoms with van der Waals surface area (Å²) in [4.78, 5) is 3.93. The first-order chi connectivity index (χ1) is 5.33. The molecular formula is C8H13ClN2O. The number of ether oxygens (including phenoxy) is 1. The smallest absolute Gasteiger partial charge is 0.123 e. The van der Waals surface area contributed by atoms with Crippen LogP contribution >= 0.6 is 12.4 Å². The number of halogens is 1. The number of rotatable bonds is 3. The van der Waals surface area contributed by atoms with Crippen molar-refractivity contribution in [2.24, 2.45) is 0 Å². The van der Waals surface area contributed by atoms with Crippen LogP contribution in [0.1, 0.15) is 12.5 Å². The first-order valence-electron chi connectivity index (χ1n) is 3.61. The van der Waals surface area contributed by atoms with Gasteiger partial charge in [-0.3, -0.25) is 0 Å². The van der Waals surface area contributed by atoms with E-state index in [4.69, 9.17) is 10.5 Å². The number of nitrogens with zero attached hydrogens (tertiary/aromatic N) is 1. The molecule has 0 saturated heterocycles. The fraction of sp³-hybridized carbons (Fsp3) is 0.375. The lowest BCUT2D eigenvalue weighted by atomic mass is 10.3. The molecule has 1 aromatic heterocycles. The topological polar surface area (TPSA) is 48.1 Å². The number of hydrogen-bond acceptors (Lipinski definition) is 3. The van der Waals surface area contributed by atoms with Gasteiger partial charge in [-0.05, 0) is 18.6 Å². The summed E-state index contributed by atoms with van der Waals surface area (Å²) in [6.07, 6.45) is 1.73. The molecule has 0 fully saturated rings. The highest BCUT2D eigenvalue weighted by atomic mass is 35.5. The van der Waals surface area contributed by atoms with Crippen LogP contribution in [0.15, 0.2) is 18.3 Å². The molecule has 0 aliphatic heterocycles. The first kappa shape index (κ1) is 11.2. The van der Waals surface area contributed by atoms with E-state index in [-0.39, 0.29) is 12.4 Å². The second-order valence-corrected chi connectivity index (χ2v) is 2.23. The Kier molecular flexibility index (Phi) is 5.41. The molecule has 0 unspecified atom stereocenters. The van der Waals surface area contributed by atoms with Crippen molar-refractivity contribution in [3.05, 3.63) is 23.9 Å². The maximum Gasteiger partial charge on any atom is 0.123 e. The van der Waals surface area contributed by atoms with E-state index in [9.17, 15) is 0 Å². The maximum atomic E-state index is 5.40. The van der Waals surface area contributed by atoms with Gasteiger partial charge in [-0.25, -0.2) is 4.98 Å². The molecule has 0 aliphatic rings. The van der Waals surface area contributed by atoms with Gasteiger partial charge in [0.25, 0.3) is 0 Å². The zero-order valence-corrected chi connectivity index (χ0v) is 7.80. The average molecular weight is 189 g/mol. The van der Waals surface area contributed by atoms with E-state index in [0.29, 0.717) is 12.4 Å². The summed E-state index contributed by atoms with van der Waals surface area (Å²) < 4.78 is 5.18. The summed E-state index contributed by atoms with van der Waals surface area (Å²) in [6, 6.07) is 3.69. The summed E-state index contributed by atoms with van der Waals surface area (Å²) >= 11 is 0. The Labute approximate surface area is 78.4 Å². The number of hydrogen-bond donors (Lipinski definition) is 1. The van der Waals surface area contributed by atoms with E-state index in [1.165, 1.54) is 0 Å². The van der Waals surface area contributed by atoms with Gasteiger partial charge < -0.3 is 10.5 Å². The molecule has 0 bridgehead atoms. The van der Waals surface area contributed by atoms with E-state index in [0.717, 1.165) is 12.2 Å². The lowest BCUT2D eigenvalue weighted by Crippen LogP contribution is -1.94. The summed E-state index contributed by atoms with van der Waals surface area (Å²) in [6.45, 7) is 3.30. The van der Waals surface area contributed by atoms with Gasteiger partial charge in [0.05, 0.1) is 6.61 Å². The molecular weight excluding hydrogens is 176 g/mol. The molecule has 4 heteroatoms. The Hall–Kier alpha value is -0.800. The van der Waals surface area contributed by atoms with Crippen molar-refractivity contribution in [1.29, 1.82) is 0 Å². The monoisotopic (exact) mass is 188 g/mol. The van der Waals surface area contributed by atoms with E-state index in [1.54, 1.807) is 12.3 Å². The molecule has 2 N–H and O–H groups in total. The highest BCUT2D eigenvalue weighted by Gasteiger charge is 1.91. The van der Waals surface area contributed by atoms with Crippen molar-refractivity contribution in [2.45, 2.75) is 13.5 Å². The number of nitrogen functional groups attached to an aromatic ring is 1. The predicted octanol–water partition coefficient (Wildman–Crippen LogP) is 1.62. The average Bonchev–Trinajstić information content (AvgIpc) is 2.04. The van der Waals surface area contributed by atoms with Gasteiger partial charge >= 0.3 is 0 Å². The summed E-state index contributed by atoms with van der Waals surface area (Å²) in [5.41, 5.74) is 6.46. The normalized spacial score (nSPS) is 9.08. The van der Waals surface area contributed by atoms with Gasteiger partial charge in [-0.2, -0.15) is 0 Å². The minimum Gasteiger partial charge on any atom is -0.384 e. The fourth-order valence-electron chi connectivity index (χ4n) is 0.741. The number of nitrogens with two attached hydrogens (primary N) is 1. The third-order valence-corrected chi connectivity index (χ3v) is 1.32. The van der Waals surface area contributed by atoms with Crippen molar-refractivity contribution in [2.75, 3.05) is 12.3 Å². The predicted molar refractivity (Wildman–Crippen MR) is 51.2 cm³/mol. The molecule has 1 rings (SSSR count). The molecule has 0 atom stereocenters. The lowest BCUT2D eigenvalue weighted by Gasteiger charge is -2.00. The van der Waals surface area contributed by atoms with Gasteiger partial charge in [0, 0.05) is 12.8 Å². The standard InChI is InChI=1S/C8H12N2O.ClH/c1-2-11-6-7-3-4-8(9)10-5-7;/h3-5H,2,6H2,1H3,(H2,9,10);1H. The molecule has 1 aromatic rings. The van der Waals surface area contributed by atoms with Crippen molar-refractivity contribution in [3.63, 3.8) is 0 Å². The third kappa shape index (κ3) is 3.55. The Morgan fingerprint density at radius 1 is 1.50 bits per heavy atom. The van der Waals surface area contributed by atoms with E-state index >= 15 is 0 Å². The minimum atomic E-state index is 0. The molecule has 3 nitrogen and oxygen atoms in total. The first-order valence-corrected chi connectivity index (χ1v) is 3.61. The van der Waals surface area contributed by atoms with Crippen LogP contribution in [-0.2, 0) is 11.3 Å². The van der Waals surface area contributed by atoms with Gasteiger partial charge in [0.2, 0.25) is 0 Å². The number of pyridine rings is 1. The molecule has 0 spiro atoms. The molecule has 1 heterocycles. The Morgan fingerprint density at radius 3 is 2.75 bits per heavy atom. The van der Waals surface area contributed by atoms with E-state index in [1.807, 2.05) is 13.0 Å². The van der Waals surface area contributed by atoms with Crippen LogP contribution in [0.2, 0.25) is 0 Å². The van der Waals surface area contributed by atoms with Gasteiger partial charge in [0.15, 0.2) is 0 Å². The minimum absolute atomic E-state index is 0. The van der Waals surface area contributed by atoms with Gasteiger partial charge in [-0.1, -0.05) is 6.07 Å². The van der Waals surface area contributed by atoms with Crippen molar-refractivity contribution in [1.82, 2.24) is 4.98 Å². The summed E-state index contributed by atoms with van der Waals surface area (Å²) in [5.74, 6) is 0.547. The fourth-order valence-corrected chi connectivity index (χ4v) is 0.741. The SMILES string of the molecule is CCOCc1ccc(N)nc1.Cl. The van der Waals surface area contributed by atoms with Crippen molar-refractivity contribution in [3.8, 4) is 0 Å². The van der Waals surface area contributed by atoms with Crippen molar-refractivity contribution < 1.29 is 4.74 Å². The van der Waals surface area contributed by atoms with Gasteiger partial charge in [-0.15, -0.1) is 12.4 Å². The van der Waals surface area contributed by atoms with Crippen LogP contribution in [0.5, 0.6) is 0 Å². The third-order valence-electron chi connectivity index (χ3n) is 1.32. The lowest BCUT2D eigenvalue weighted by molar-refractivity contribution is 0.134. The van der Waals surface area contributed by atoms with Crippen LogP contribution in [0.4, 0.5) is 5.82 Å². The highest BCUT2D eigenvalue weighted by Crippen LogP contribution is 2.01. The van der Waals surface area contributed by atoms with Crippen LogP contribution < -0.4 is 5.73 Å². The van der Waals surface area contributed by atoms with Crippen LogP contribution in [-0.4, -0.2) is 11.6 Å². The molecule has 0 saturated carbocycles. The zero-order chi connectivity index (χ0) is 8.10. The number of aromatic nitrogens is 1. The maximum absolute atomic E-state index is 5.40.